The predicted molar refractivity (Wildman–Crippen MR) is 153 cm³/mol. The second-order valence-electron chi connectivity index (χ2n) is 10.8. The summed E-state index contributed by atoms with van der Waals surface area (Å²) in [7, 11) is 0. The molecule has 198 valence electrons. The highest BCUT2D eigenvalue weighted by Crippen LogP contribution is 2.36. The molecular formula is C31H34N7O+. The van der Waals surface area contributed by atoms with Gasteiger partial charge in [0.25, 0.3) is 0 Å². The SMILES string of the molecule is Cc1cc(-c2c(-c3ccccc3)[nH+]c(N)n3c(=O)n(CC4(Cc5ccccc5)CCNCC4)nc23)cc(C)n1. The standard InChI is InChI=1S/C31H33N7O/c1-21-17-25(18-22(2)34-21)26-27(24-11-7-4-8-12-24)35-29(32)38-28(26)36-37(30(38)39)20-31(13-15-33-16-14-31)19-23-9-5-3-6-10-23/h3-12,17-18,33H,13-16,19-20H2,1-2H3,(H2,32,35)/p+1. The first-order chi connectivity index (χ1) is 18.9. The van der Waals surface area contributed by atoms with Crippen LogP contribution >= 0.6 is 0 Å². The highest BCUT2D eigenvalue weighted by Gasteiger charge is 2.35. The number of pyridine rings is 1. The molecular weight excluding hydrogens is 486 g/mol. The van der Waals surface area contributed by atoms with Gasteiger partial charge in [-0.1, -0.05) is 60.7 Å². The number of benzene rings is 2. The number of rotatable bonds is 6. The normalized spacial score (nSPS) is 15.0. The Bertz CT molecular complexity index is 1660. The zero-order chi connectivity index (χ0) is 27.0. The van der Waals surface area contributed by atoms with E-state index >= 15 is 0 Å². The van der Waals surface area contributed by atoms with Crippen LogP contribution in [-0.2, 0) is 13.0 Å². The number of aromatic amines is 1. The molecule has 0 unspecified atom stereocenters. The molecule has 3 aromatic heterocycles. The Kier molecular flexibility index (Phi) is 6.48. The van der Waals surface area contributed by atoms with Crippen LogP contribution in [0.3, 0.4) is 0 Å². The smallest absolute Gasteiger partial charge is 0.317 e. The third kappa shape index (κ3) is 4.83. The van der Waals surface area contributed by atoms with Crippen LogP contribution in [-0.4, -0.2) is 32.3 Å². The quantitative estimate of drug-likeness (QED) is 0.354. The molecule has 4 N–H and O–H groups in total. The number of aromatic nitrogens is 5. The fraction of sp³-hybridized carbons (Fsp3) is 0.290. The lowest BCUT2D eigenvalue weighted by Crippen LogP contribution is -2.43. The number of nitrogens with one attached hydrogen (secondary N) is 2. The van der Waals surface area contributed by atoms with Gasteiger partial charge in [-0.05, 0) is 74.9 Å². The summed E-state index contributed by atoms with van der Waals surface area (Å²) in [6.45, 7) is 6.32. The minimum atomic E-state index is -0.229. The second kappa shape index (κ2) is 10.1. The maximum absolute atomic E-state index is 13.9. The molecule has 2 aromatic carbocycles. The van der Waals surface area contributed by atoms with Crippen molar-refractivity contribution < 1.29 is 4.98 Å². The monoisotopic (exact) mass is 520 g/mol. The van der Waals surface area contributed by atoms with Crippen molar-refractivity contribution in [2.45, 2.75) is 39.7 Å². The Balaban J connectivity index is 1.55. The van der Waals surface area contributed by atoms with Crippen molar-refractivity contribution in [3.63, 3.8) is 0 Å². The van der Waals surface area contributed by atoms with Gasteiger partial charge < -0.3 is 5.32 Å². The minimum Gasteiger partial charge on any atom is -0.317 e. The Morgan fingerprint density at radius 2 is 1.59 bits per heavy atom. The lowest BCUT2D eigenvalue weighted by molar-refractivity contribution is -0.351. The van der Waals surface area contributed by atoms with Crippen molar-refractivity contribution >= 4 is 11.6 Å². The summed E-state index contributed by atoms with van der Waals surface area (Å²) >= 11 is 0. The fourth-order valence-corrected chi connectivity index (χ4v) is 6.02. The molecule has 39 heavy (non-hydrogen) atoms. The molecule has 0 amide bonds. The number of nitrogens with zero attached hydrogens (tertiary/aromatic N) is 4. The van der Waals surface area contributed by atoms with Crippen LogP contribution in [0.4, 0.5) is 5.95 Å². The number of piperidine rings is 1. The first-order valence-electron chi connectivity index (χ1n) is 13.5. The highest BCUT2D eigenvalue weighted by atomic mass is 16.2. The first-order valence-corrected chi connectivity index (χ1v) is 13.5. The van der Waals surface area contributed by atoms with E-state index in [4.69, 9.17) is 10.8 Å². The van der Waals surface area contributed by atoms with Crippen molar-refractivity contribution in [2.75, 3.05) is 18.8 Å². The lowest BCUT2D eigenvalue weighted by Gasteiger charge is -2.37. The van der Waals surface area contributed by atoms with E-state index in [2.05, 4.69) is 39.6 Å². The fourth-order valence-electron chi connectivity index (χ4n) is 6.02. The van der Waals surface area contributed by atoms with Gasteiger partial charge in [-0.3, -0.25) is 10.7 Å². The van der Waals surface area contributed by atoms with Gasteiger partial charge in [0.1, 0.15) is 5.69 Å². The van der Waals surface area contributed by atoms with Gasteiger partial charge in [0.05, 0.1) is 12.1 Å². The van der Waals surface area contributed by atoms with Gasteiger partial charge in [-0.15, -0.1) is 9.50 Å². The molecule has 0 bridgehead atoms. The van der Waals surface area contributed by atoms with Gasteiger partial charge in [0.15, 0.2) is 0 Å². The molecule has 0 aliphatic carbocycles. The summed E-state index contributed by atoms with van der Waals surface area (Å²) in [5.74, 6) is 0.258. The molecule has 6 rings (SSSR count). The third-order valence-corrected chi connectivity index (χ3v) is 7.81. The van der Waals surface area contributed by atoms with Crippen molar-refractivity contribution in [2.24, 2.45) is 5.41 Å². The van der Waals surface area contributed by atoms with Gasteiger partial charge in [0.2, 0.25) is 5.65 Å². The largest absolute Gasteiger partial charge is 0.411 e. The second-order valence-corrected chi connectivity index (χ2v) is 10.8. The number of fused-ring (bicyclic) bond motifs is 1. The summed E-state index contributed by atoms with van der Waals surface area (Å²) in [6, 6.07) is 24.6. The molecule has 8 nitrogen and oxygen atoms in total. The summed E-state index contributed by atoms with van der Waals surface area (Å²) in [6.07, 6.45) is 2.83. The minimum absolute atomic E-state index is 0.0842. The van der Waals surface area contributed by atoms with E-state index in [1.807, 2.05) is 62.4 Å². The Labute approximate surface area is 227 Å². The molecule has 1 aliphatic heterocycles. The maximum Gasteiger partial charge on any atom is 0.411 e. The van der Waals surface area contributed by atoms with E-state index in [1.165, 1.54) is 9.96 Å². The number of hydrogen-bond donors (Lipinski definition) is 2. The van der Waals surface area contributed by atoms with E-state index < -0.39 is 0 Å². The molecule has 1 aliphatic rings. The van der Waals surface area contributed by atoms with Crippen molar-refractivity contribution in [1.29, 1.82) is 0 Å². The van der Waals surface area contributed by atoms with Gasteiger partial charge in [-0.25, -0.2) is 9.78 Å². The van der Waals surface area contributed by atoms with Crippen LogP contribution in [0, 0.1) is 19.3 Å². The molecule has 4 heterocycles. The highest BCUT2D eigenvalue weighted by molar-refractivity contribution is 5.88. The molecule has 8 heteroatoms. The molecule has 1 saturated heterocycles. The number of H-pyrrole nitrogens is 1. The third-order valence-electron chi connectivity index (χ3n) is 7.81. The van der Waals surface area contributed by atoms with E-state index in [1.54, 1.807) is 4.68 Å². The van der Waals surface area contributed by atoms with Crippen molar-refractivity contribution in [1.82, 2.24) is 24.5 Å². The lowest BCUT2D eigenvalue weighted by atomic mass is 9.74. The van der Waals surface area contributed by atoms with Gasteiger partial charge in [0, 0.05) is 17.0 Å². The number of nitrogen functional groups attached to an aromatic ring is 1. The molecule has 0 saturated carbocycles. The zero-order valence-corrected chi connectivity index (χ0v) is 22.4. The number of anilines is 1. The van der Waals surface area contributed by atoms with Crippen LogP contribution in [0.5, 0.6) is 0 Å². The van der Waals surface area contributed by atoms with E-state index in [-0.39, 0.29) is 17.1 Å². The van der Waals surface area contributed by atoms with E-state index in [9.17, 15) is 4.79 Å². The topological polar surface area (TPSA) is 104 Å². The summed E-state index contributed by atoms with van der Waals surface area (Å²) in [5, 5.41) is 8.49. The van der Waals surface area contributed by atoms with Crippen molar-refractivity contribution in [3.8, 4) is 22.4 Å². The summed E-state index contributed by atoms with van der Waals surface area (Å²) in [4.78, 5) is 21.8. The Morgan fingerprint density at radius 1 is 0.949 bits per heavy atom. The summed E-state index contributed by atoms with van der Waals surface area (Å²) < 4.78 is 3.15. The molecule has 1 fully saturated rings. The van der Waals surface area contributed by atoms with Crippen LogP contribution < -0.4 is 21.7 Å². The van der Waals surface area contributed by atoms with Crippen LogP contribution in [0.2, 0.25) is 0 Å². The Hall–Kier alpha value is -4.30. The van der Waals surface area contributed by atoms with Crippen LogP contribution in [0.25, 0.3) is 28.0 Å². The number of hydrogen-bond acceptors (Lipinski definition) is 5. The molecule has 0 radical (unpaired) electrons. The van der Waals surface area contributed by atoms with E-state index in [0.29, 0.717) is 12.2 Å². The molecule has 5 aromatic rings. The summed E-state index contributed by atoms with van der Waals surface area (Å²) in [5.41, 5.74) is 13.4. The number of aryl methyl sites for hydroxylation is 2. The van der Waals surface area contributed by atoms with Gasteiger partial charge >= 0.3 is 11.6 Å². The molecule has 0 atom stereocenters. The zero-order valence-electron chi connectivity index (χ0n) is 22.4. The first kappa shape index (κ1) is 25.0. The van der Waals surface area contributed by atoms with E-state index in [0.717, 1.165) is 66.1 Å². The predicted octanol–water partition coefficient (Wildman–Crippen LogP) is 3.85. The van der Waals surface area contributed by atoms with Crippen LogP contribution in [0.1, 0.15) is 29.8 Å². The van der Waals surface area contributed by atoms with Crippen LogP contribution in [0.15, 0.2) is 77.6 Å². The molecule has 0 spiro atoms. The average molecular weight is 521 g/mol. The number of nitrogens with two attached hydrogens (primary N) is 1. The van der Waals surface area contributed by atoms with Crippen molar-refractivity contribution in [3.05, 3.63) is 100 Å². The maximum atomic E-state index is 13.9. The Morgan fingerprint density at radius 3 is 2.26 bits per heavy atom. The van der Waals surface area contributed by atoms with Gasteiger partial charge in [-0.2, -0.15) is 4.68 Å². The average Bonchev–Trinajstić information content (AvgIpc) is 3.25.